The minimum absolute atomic E-state index is 0.0109. The molecule has 4 rings (SSSR count). The summed E-state index contributed by atoms with van der Waals surface area (Å²) < 4.78 is 6.53. The molecule has 1 aliphatic rings. The zero-order valence-corrected chi connectivity index (χ0v) is 16.2. The predicted octanol–water partition coefficient (Wildman–Crippen LogP) is 1.22. The molecule has 1 amide bonds. The van der Waals surface area contributed by atoms with Crippen molar-refractivity contribution in [2.24, 2.45) is 0 Å². The standard InChI is InChI=1S/C18H23N7O3/c1-9(2)15-22-16(28-24-15)10(3)19-14(26)8-13-21-18-20-12-7-5-4-6-11(12)17(27)25(18)23-13/h9-10H,4-8H2,1-3H3,(H,19,26)(H,20,21,23). The first-order valence-electron chi connectivity index (χ1n) is 9.54. The number of carbonyl (C=O) groups excluding carboxylic acids is 1. The molecule has 3 aromatic rings. The van der Waals surface area contributed by atoms with Crippen LogP contribution in [0.15, 0.2) is 9.32 Å². The molecule has 0 aromatic carbocycles. The fourth-order valence-corrected chi connectivity index (χ4v) is 3.33. The lowest BCUT2D eigenvalue weighted by Gasteiger charge is -2.12. The van der Waals surface area contributed by atoms with Gasteiger partial charge in [0.2, 0.25) is 11.8 Å². The van der Waals surface area contributed by atoms with E-state index < -0.39 is 6.04 Å². The number of aromatic amines is 1. The molecule has 0 saturated carbocycles. The van der Waals surface area contributed by atoms with E-state index in [1.54, 1.807) is 6.92 Å². The van der Waals surface area contributed by atoms with Gasteiger partial charge in [-0.15, -0.1) is 0 Å². The molecule has 2 N–H and O–H groups in total. The average Bonchev–Trinajstić information content (AvgIpc) is 3.29. The van der Waals surface area contributed by atoms with Gasteiger partial charge in [0.25, 0.3) is 11.3 Å². The summed E-state index contributed by atoms with van der Waals surface area (Å²) in [5.41, 5.74) is 1.44. The second kappa shape index (κ2) is 7.17. The van der Waals surface area contributed by atoms with Gasteiger partial charge in [-0.3, -0.25) is 14.7 Å². The molecule has 3 heterocycles. The number of hydrogen-bond donors (Lipinski definition) is 2. The lowest BCUT2D eigenvalue weighted by molar-refractivity contribution is -0.121. The van der Waals surface area contributed by atoms with E-state index in [0.29, 0.717) is 23.3 Å². The summed E-state index contributed by atoms with van der Waals surface area (Å²) in [7, 11) is 0. The van der Waals surface area contributed by atoms with Gasteiger partial charge in [-0.05, 0) is 32.6 Å². The molecule has 0 bridgehead atoms. The Hall–Kier alpha value is -3.04. The Labute approximate surface area is 160 Å². The summed E-state index contributed by atoms with van der Waals surface area (Å²) in [5.74, 6) is 1.52. The second-order valence-electron chi connectivity index (χ2n) is 7.47. The predicted molar refractivity (Wildman–Crippen MR) is 98.9 cm³/mol. The molecule has 10 nitrogen and oxygen atoms in total. The Morgan fingerprint density at radius 2 is 2.00 bits per heavy atom. The van der Waals surface area contributed by atoms with E-state index in [9.17, 15) is 9.59 Å². The summed E-state index contributed by atoms with van der Waals surface area (Å²) in [4.78, 5) is 38.1. The van der Waals surface area contributed by atoms with Crippen LogP contribution in [0.25, 0.3) is 5.78 Å². The number of carbonyl (C=O) groups is 1. The molecular formula is C18H23N7O3. The number of aryl methyl sites for hydroxylation is 1. The van der Waals surface area contributed by atoms with E-state index in [0.717, 1.165) is 36.9 Å². The van der Waals surface area contributed by atoms with Crippen LogP contribution in [0.2, 0.25) is 0 Å². The molecule has 10 heteroatoms. The van der Waals surface area contributed by atoms with Gasteiger partial charge in [0, 0.05) is 11.5 Å². The third kappa shape index (κ3) is 3.41. The van der Waals surface area contributed by atoms with E-state index in [1.165, 1.54) is 4.52 Å². The number of rotatable bonds is 5. The Kier molecular flexibility index (Phi) is 4.70. The first-order valence-corrected chi connectivity index (χ1v) is 9.54. The minimum atomic E-state index is -0.426. The summed E-state index contributed by atoms with van der Waals surface area (Å²) in [6.07, 6.45) is 3.54. The molecule has 1 atom stereocenters. The second-order valence-corrected chi connectivity index (χ2v) is 7.47. The van der Waals surface area contributed by atoms with Gasteiger partial charge in [0.1, 0.15) is 11.9 Å². The van der Waals surface area contributed by atoms with Crippen molar-refractivity contribution >= 4 is 11.7 Å². The molecule has 0 radical (unpaired) electrons. The minimum Gasteiger partial charge on any atom is -0.344 e. The van der Waals surface area contributed by atoms with Gasteiger partial charge in [-0.2, -0.15) is 14.5 Å². The van der Waals surface area contributed by atoms with Crippen molar-refractivity contribution in [2.45, 2.75) is 64.8 Å². The highest BCUT2D eigenvalue weighted by atomic mass is 16.5. The summed E-state index contributed by atoms with van der Waals surface area (Å²) in [6.45, 7) is 5.70. The van der Waals surface area contributed by atoms with E-state index in [1.807, 2.05) is 13.8 Å². The Morgan fingerprint density at radius 1 is 1.21 bits per heavy atom. The number of amides is 1. The van der Waals surface area contributed by atoms with Crippen molar-refractivity contribution in [3.05, 3.63) is 39.2 Å². The van der Waals surface area contributed by atoms with Gasteiger partial charge >= 0.3 is 0 Å². The lowest BCUT2D eigenvalue weighted by Crippen LogP contribution is -2.29. The topological polar surface area (TPSA) is 131 Å². The van der Waals surface area contributed by atoms with Crippen molar-refractivity contribution in [3.8, 4) is 0 Å². The fourth-order valence-electron chi connectivity index (χ4n) is 3.33. The normalized spacial score (nSPS) is 15.0. The summed E-state index contributed by atoms with van der Waals surface area (Å²) in [6, 6.07) is -0.426. The average molecular weight is 385 g/mol. The molecule has 0 fully saturated rings. The van der Waals surface area contributed by atoms with Crippen LogP contribution in [0.1, 0.15) is 74.4 Å². The van der Waals surface area contributed by atoms with E-state index in [2.05, 4.69) is 30.5 Å². The van der Waals surface area contributed by atoms with Crippen LogP contribution < -0.4 is 10.9 Å². The number of H-pyrrole nitrogens is 1. The van der Waals surface area contributed by atoms with Crippen LogP contribution in [-0.2, 0) is 24.1 Å². The Morgan fingerprint density at radius 3 is 2.75 bits per heavy atom. The SMILES string of the molecule is CC(C)c1noc(C(C)NC(=O)Cc2nc3nc4c(c(=O)n3[nH]2)CCCC4)n1. The first-order chi connectivity index (χ1) is 13.4. The first kappa shape index (κ1) is 18.3. The van der Waals surface area contributed by atoms with E-state index >= 15 is 0 Å². The molecular weight excluding hydrogens is 362 g/mol. The monoisotopic (exact) mass is 385 g/mol. The van der Waals surface area contributed by atoms with Gasteiger partial charge in [0.05, 0.1) is 12.1 Å². The molecule has 0 spiro atoms. The number of aromatic nitrogens is 6. The maximum atomic E-state index is 12.6. The molecule has 28 heavy (non-hydrogen) atoms. The highest BCUT2D eigenvalue weighted by Gasteiger charge is 2.21. The smallest absolute Gasteiger partial charge is 0.277 e. The van der Waals surface area contributed by atoms with Crippen LogP contribution in [0.4, 0.5) is 0 Å². The largest absolute Gasteiger partial charge is 0.344 e. The molecule has 1 aliphatic carbocycles. The summed E-state index contributed by atoms with van der Waals surface area (Å²) in [5, 5.41) is 9.61. The number of fused-ring (bicyclic) bond motifs is 2. The molecule has 0 saturated heterocycles. The number of hydrogen-bond acceptors (Lipinski definition) is 7. The summed E-state index contributed by atoms with van der Waals surface area (Å²) >= 11 is 0. The maximum Gasteiger partial charge on any atom is 0.277 e. The van der Waals surface area contributed by atoms with Gasteiger partial charge in [-0.25, -0.2) is 4.98 Å². The molecule has 148 valence electrons. The van der Waals surface area contributed by atoms with Crippen LogP contribution in [-0.4, -0.2) is 35.6 Å². The Bertz CT molecular complexity index is 1080. The fraction of sp³-hybridized carbons (Fsp3) is 0.556. The van der Waals surface area contributed by atoms with Crippen molar-refractivity contribution < 1.29 is 9.32 Å². The molecule has 1 unspecified atom stereocenters. The Balaban J connectivity index is 1.49. The van der Waals surface area contributed by atoms with Crippen molar-refractivity contribution in [1.29, 1.82) is 0 Å². The lowest BCUT2D eigenvalue weighted by atomic mass is 9.97. The van der Waals surface area contributed by atoms with Crippen LogP contribution in [0.3, 0.4) is 0 Å². The van der Waals surface area contributed by atoms with Crippen LogP contribution in [0.5, 0.6) is 0 Å². The van der Waals surface area contributed by atoms with Crippen LogP contribution >= 0.6 is 0 Å². The highest BCUT2D eigenvalue weighted by Crippen LogP contribution is 2.17. The van der Waals surface area contributed by atoms with E-state index in [4.69, 9.17) is 4.52 Å². The number of nitrogens with one attached hydrogen (secondary N) is 2. The van der Waals surface area contributed by atoms with Gasteiger partial charge < -0.3 is 9.84 Å². The van der Waals surface area contributed by atoms with E-state index in [-0.39, 0.29) is 23.8 Å². The third-order valence-electron chi connectivity index (χ3n) is 4.86. The molecule has 0 aliphatic heterocycles. The third-order valence-corrected chi connectivity index (χ3v) is 4.86. The quantitative estimate of drug-likeness (QED) is 0.675. The van der Waals surface area contributed by atoms with Crippen molar-refractivity contribution in [1.82, 2.24) is 35.0 Å². The zero-order valence-electron chi connectivity index (χ0n) is 16.2. The maximum absolute atomic E-state index is 12.6. The highest BCUT2D eigenvalue weighted by molar-refractivity contribution is 5.78. The van der Waals surface area contributed by atoms with Crippen molar-refractivity contribution in [2.75, 3.05) is 0 Å². The number of nitrogens with zero attached hydrogens (tertiary/aromatic N) is 5. The van der Waals surface area contributed by atoms with Crippen molar-refractivity contribution in [3.63, 3.8) is 0 Å². The van der Waals surface area contributed by atoms with Crippen LogP contribution in [0, 0.1) is 0 Å². The zero-order chi connectivity index (χ0) is 19.8. The van der Waals surface area contributed by atoms with Gasteiger partial charge in [0.15, 0.2) is 5.82 Å². The van der Waals surface area contributed by atoms with Gasteiger partial charge in [-0.1, -0.05) is 19.0 Å². The molecule has 3 aromatic heterocycles.